The molecule has 0 saturated carbocycles. The molecular formula is C20H17N7OS. The molecule has 0 fully saturated rings. The number of H-pyrrole nitrogens is 1. The van der Waals surface area contributed by atoms with E-state index in [2.05, 4.69) is 30.6 Å². The molecule has 3 aromatic heterocycles. The number of rotatable bonds is 5. The zero-order valence-electron chi connectivity index (χ0n) is 15.5. The summed E-state index contributed by atoms with van der Waals surface area (Å²) >= 11 is 1.36. The largest absolute Gasteiger partial charge is 0.343 e. The summed E-state index contributed by atoms with van der Waals surface area (Å²) in [6.07, 6.45) is 0. The molecule has 5 aromatic rings. The van der Waals surface area contributed by atoms with Crippen LogP contribution in [0.2, 0.25) is 0 Å². The average Bonchev–Trinajstić information content (AvgIpc) is 3.44. The van der Waals surface area contributed by atoms with Crippen LogP contribution in [0.15, 0.2) is 53.9 Å². The number of aromatic nitrogens is 5. The maximum absolute atomic E-state index is 12.4. The number of amides is 1. The van der Waals surface area contributed by atoms with Gasteiger partial charge in [0.1, 0.15) is 11.5 Å². The SMILES string of the molecule is Cn1c(Nc2nc(C(=O)NCc3nc4ccccc4[nH]3)cs2)nc2ccccc21. The van der Waals surface area contributed by atoms with Crippen LogP contribution in [0, 0.1) is 0 Å². The van der Waals surface area contributed by atoms with Gasteiger partial charge in [-0.3, -0.25) is 4.79 Å². The van der Waals surface area contributed by atoms with Gasteiger partial charge in [0.15, 0.2) is 5.13 Å². The Morgan fingerprint density at radius 1 is 1.07 bits per heavy atom. The van der Waals surface area contributed by atoms with Crippen molar-refractivity contribution < 1.29 is 4.79 Å². The highest BCUT2D eigenvalue weighted by Gasteiger charge is 2.14. The van der Waals surface area contributed by atoms with Crippen molar-refractivity contribution >= 4 is 50.4 Å². The zero-order valence-corrected chi connectivity index (χ0v) is 16.3. The molecule has 0 atom stereocenters. The maximum Gasteiger partial charge on any atom is 0.271 e. The van der Waals surface area contributed by atoms with E-state index < -0.39 is 0 Å². The lowest BCUT2D eigenvalue weighted by Gasteiger charge is -2.02. The van der Waals surface area contributed by atoms with Gasteiger partial charge in [-0.15, -0.1) is 11.3 Å². The van der Waals surface area contributed by atoms with Crippen LogP contribution in [0.4, 0.5) is 11.1 Å². The fourth-order valence-electron chi connectivity index (χ4n) is 3.13. The number of thiazole rings is 1. The van der Waals surface area contributed by atoms with Crippen molar-refractivity contribution in [3.05, 3.63) is 65.4 Å². The molecule has 144 valence electrons. The van der Waals surface area contributed by atoms with Crippen molar-refractivity contribution in [1.29, 1.82) is 0 Å². The van der Waals surface area contributed by atoms with E-state index in [1.807, 2.05) is 60.1 Å². The Hall–Kier alpha value is -3.72. The monoisotopic (exact) mass is 403 g/mol. The summed E-state index contributed by atoms with van der Waals surface area (Å²) in [6.45, 7) is 0.304. The molecule has 0 aliphatic rings. The number of hydrogen-bond donors (Lipinski definition) is 3. The summed E-state index contributed by atoms with van der Waals surface area (Å²) in [4.78, 5) is 29.0. The van der Waals surface area contributed by atoms with Gasteiger partial charge in [0.25, 0.3) is 5.91 Å². The molecule has 0 spiro atoms. The first-order chi connectivity index (χ1) is 14.2. The molecule has 0 aliphatic carbocycles. The zero-order chi connectivity index (χ0) is 19.8. The first-order valence-electron chi connectivity index (χ1n) is 9.03. The smallest absolute Gasteiger partial charge is 0.271 e. The molecule has 1 amide bonds. The predicted octanol–water partition coefficient (Wildman–Crippen LogP) is 3.58. The van der Waals surface area contributed by atoms with Crippen molar-refractivity contribution in [3.63, 3.8) is 0 Å². The van der Waals surface area contributed by atoms with Gasteiger partial charge in [-0.25, -0.2) is 15.0 Å². The molecule has 0 radical (unpaired) electrons. The summed E-state index contributed by atoms with van der Waals surface area (Å²) in [7, 11) is 1.94. The standard InChI is InChI=1S/C20H17N7OS/c1-27-16-9-5-4-8-14(16)24-19(27)26-20-25-15(11-29-20)18(28)21-10-17-22-12-6-2-3-7-13(12)23-17/h2-9,11H,10H2,1H3,(H,21,28)(H,22,23)(H,24,25,26). The Morgan fingerprint density at radius 2 is 1.86 bits per heavy atom. The number of carbonyl (C=O) groups excluding carboxylic acids is 1. The molecule has 3 heterocycles. The molecule has 8 nitrogen and oxygen atoms in total. The maximum atomic E-state index is 12.4. The number of carbonyl (C=O) groups is 1. The second-order valence-electron chi connectivity index (χ2n) is 6.53. The van der Waals surface area contributed by atoms with Gasteiger partial charge in [-0.2, -0.15) is 0 Å². The van der Waals surface area contributed by atoms with Gasteiger partial charge in [0, 0.05) is 12.4 Å². The van der Waals surface area contributed by atoms with Gasteiger partial charge < -0.3 is 20.2 Å². The fourth-order valence-corrected chi connectivity index (χ4v) is 3.82. The van der Waals surface area contributed by atoms with E-state index in [4.69, 9.17) is 0 Å². The van der Waals surface area contributed by atoms with Crippen LogP contribution in [0.5, 0.6) is 0 Å². The topological polar surface area (TPSA) is 101 Å². The normalized spacial score (nSPS) is 11.2. The van der Waals surface area contributed by atoms with Gasteiger partial charge in [0.05, 0.1) is 28.6 Å². The fraction of sp³-hybridized carbons (Fsp3) is 0.100. The molecule has 0 bridgehead atoms. The Balaban J connectivity index is 1.27. The minimum atomic E-state index is -0.250. The van der Waals surface area contributed by atoms with E-state index >= 15 is 0 Å². The van der Waals surface area contributed by atoms with Gasteiger partial charge >= 0.3 is 0 Å². The Kier molecular flexibility index (Phi) is 4.21. The van der Waals surface area contributed by atoms with Crippen LogP contribution >= 0.6 is 11.3 Å². The van der Waals surface area contributed by atoms with Crippen LogP contribution < -0.4 is 10.6 Å². The first kappa shape index (κ1) is 17.4. The molecule has 5 rings (SSSR count). The lowest BCUT2D eigenvalue weighted by atomic mass is 10.3. The lowest BCUT2D eigenvalue weighted by molar-refractivity contribution is 0.0946. The van der Waals surface area contributed by atoms with Gasteiger partial charge in [-0.1, -0.05) is 24.3 Å². The van der Waals surface area contributed by atoms with Crippen LogP contribution in [0.25, 0.3) is 22.1 Å². The summed E-state index contributed by atoms with van der Waals surface area (Å²) in [5.41, 5.74) is 4.10. The number of benzene rings is 2. The highest BCUT2D eigenvalue weighted by atomic mass is 32.1. The molecule has 3 N–H and O–H groups in total. The highest BCUT2D eigenvalue weighted by molar-refractivity contribution is 7.14. The van der Waals surface area contributed by atoms with E-state index in [1.54, 1.807) is 5.38 Å². The number of hydrogen-bond acceptors (Lipinski definition) is 6. The van der Waals surface area contributed by atoms with Crippen molar-refractivity contribution in [2.45, 2.75) is 6.54 Å². The summed E-state index contributed by atoms with van der Waals surface area (Å²) < 4.78 is 1.96. The molecule has 0 saturated heterocycles. The number of aryl methyl sites for hydroxylation is 1. The predicted molar refractivity (Wildman–Crippen MR) is 113 cm³/mol. The third-order valence-corrected chi connectivity index (χ3v) is 5.36. The molecule has 29 heavy (non-hydrogen) atoms. The Labute approximate surface area is 169 Å². The van der Waals surface area contributed by atoms with E-state index in [0.717, 1.165) is 22.1 Å². The second kappa shape index (κ2) is 7.02. The van der Waals surface area contributed by atoms with Crippen LogP contribution in [0.1, 0.15) is 16.3 Å². The van der Waals surface area contributed by atoms with Crippen molar-refractivity contribution in [2.75, 3.05) is 5.32 Å². The van der Waals surface area contributed by atoms with Crippen molar-refractivity contribution in [2.24, 2.45) is 7.05 Å². The third-order valence-electron chi connectivity index (χ3n) is 4.60. The molecule has 9 heteroatoms. The van der Waals surface area contributed by atoms with Crippen LogP contribution in [-0.2, 0) is 13.6 Å². The second-order valence-corrected chi connectivity index (χ2v) is 7.39. The summed E-state index contributed by atoms with van der Waals surface area (Å²) in [5, 5.41) is 8.37. The number of para-hydroxylation sites is 4. The molecule has 0 aliphatic heterocycles. The van der Waals surface area contributed by atoms with E-state index in [0.29, 0.717) is 29.1 Å². The highest BCUT2D eigenvalue weighted by Crippen LogP contribution is 2.23. The van der Waals surface area contributed by atoms with E-state index in [9.17, 15) is 4.79 Å². The number of aromatic amines is 1. The number of nitrogens with one attached hydrogen (secondary N) is 3. The minimum absolute atomic E-state index is 0.250. The van der Waals surface area contributed by atoms with Gasteiger partial charge in [-0.05, 0) is 24.3 Å². The molecule has 2 aromatic carbocycles. The van der Waals surface area contributed by atoms with Crippen LogP contribution in [0.3, 0.4) is 0 Å². The third kappa shape index (κ3) is 3.32. The lowest BCUT2D eigenvalue weighted by Crippen LogP contribution is -2.23. The quantitative estimate of drug-likeness (QED) is 0.416. The van der Waals surface area contributed by atoms with Crippen molar-refractivity contribution in [1.82, 2.24) is 29.8 Å². The average molecular weight is 403 g/mol. The van der Waals surface area contributed by atoms with E-state index in [-0.39, 0.29) is 5.91 Å². The van der Waals surface area contributed by atoms with Crippen molar-refractivity contribution in [3.8, 4) is 0 Å². The number of fused-ring (bicyclic) bond motifs is 2. The number of nitrogens with zero attached hydrogens (tertiary/aromatic N) is 4. The minimum Gasteiger partial charge on any atom is -0.343 e. The molecular weight excluding hydrogens is 386 g/mol. The first-order valence-corrected chi connectivity index (χ1v) is 9.91. The number of imidazole rings is 2. The Bertz CT molecular complexity index is 1300. The van der Waals surface area contributed by atoms with Gasteiger partial charge in [0.2, 0.25) is 5.95 Å². The van der Waals surface area contributed by atoms with Crippen LogP contribution in [-0.4, -0.2) is 30.4 Å². The summed E-state index contributed by atoms with van der Waals surface area (Å²) in [6, 6.07) is 15.6. The Morgan fingerprint density at radius 3 is 2.69 bits per heavy atom. The number of anilines is 2. The summed E-state index contributed by atoms with van der Waals surface area (Å²) in [5.74, 6) is 1.13. The van der Waals surface area contributed by atoms with E-state index in [1.165, 1.54) is 11.3 Å². The molecule has 0 unspecified atom stereocenters.